The van der Waals surface area contributed by atoms with Gasteiger partial charge in [-0.05, 0) is 56.2 Å². The Labute approximate surface area is 177 Å². The second-order valence-corrected chi connectivity index (χ2v) is 8.25. The highest BCUT2D eigenvalue weighted by Crippen LogP contribution is 2.37. The molecule has 152 valence electrons. The summed E-state index contributed by atoms with van der Waals surface area (Å²) in [6.45, 7) is 5.59. The number of aryl methyl sites for hydroxylation is 2. The Balaban J connectivity index is 1.59. The van der Waals surface area contributed by atoms with E-state index in [1.54, 1.807) is 6.08 Å². The van der Waals surface area contributed by atoms with Crippen LogP contribution in [0.2, 0.25) is 0 Å². The maximum absolute atomic E-state index is 12.4. The molecule has 3 aromatic rings. The number of carbonyl (C=O) groups excluding carboxylic acids is 1. The van der Waals surface area contributed by atoms with Gasteiger partial charge in [-0.2, -0.15) is 0 Å². The van der Waals surface area contributed by atoms with Crippen molar-refractivity contribution in [1.29, 1.82) is 0 Å². The number of aromatic nitrogens is 1. The first-order chi connectivity index (χ1) is 14.3. The van der Waals surface area contributed by atoms with Crippen LogP contribution in [0.5, 0.6) is 5.88 Å². The minimum Gasteiger partial charge on any atom is -0.493 e. The van der Waals surface area contributed by atoms with Crippen molar-refractivity contribution in [2.24, 2.45) is 4.99 Å². The Kier molecular flexibility index (Phi) is 5.13. The number of rotatable bonds is 4. The van der Waals surface area contributed by atoms with Crippen LogP contribution in [0.25, 0.3) is 11.6 Å². The molecule has 0 atom stereocenters. The summed E-state index contributed by atoms with van der Waals surface area (Å²) in [4.78, 5) is 29.4. The van der Waals surface area contributed by atoms with Gasteiger partial charge in [-0.3, -0.25) is 19.1 Å². The predicted molar refractivity (Wildman–Crippen MR) is 122 cm³/mol. The van der Waals surface area contributed by atoms with Gasteiger partial charge < -0.3 is 10.4 Å². The van der Waals surface area contributed by atoms with Gasteiger partial charge in [0.2, 0.25) is 11.8 Å². The first-order valence-corrected chi connectivity index (χ1v) is 10.3. The number of allylic oxidation sites excluding steroid dienone is 1. The van der Waals surface area contributed by atoms with E-state index in [2.05, 4.69) is 10.3 Å². The second kappa shape index (κ2) is 7.76. The van der Waals surface area contributed by atoms with Crippen molar-refractivity contribution in [3.8, 4) is 5.88 Å². The maximum atomic E-state index is 12.4. The predicted octanol–water partition coefficient (Wildman–Crippen LogP) is 4.52. The molecule has 1 aromatic heterocycles. The molecule has 6 nitrogen and oxygen atoms in total. The van der Waals surface area contributed by atoms with Gasteiger partial charge in [0.25, 0.3) is 0 Å². The van der Waals surface area contributed by atoms with Crippen LogP contribution in [0.15, 0.2) is 52.3 Å². The van der Waals surface area contributed by atoms with Gasteiger partial charge in [0.1, 0.15) is 6.54 Å². The lowest BCUT2D eigenvalue weighted by Crippen LogP contribution is -2.24. The van der Waals surface area contributed by atoms with E-state index >= 15 is 0 Å². The quantitative estimate of drug-likeness (QED) is 0.652. The molecule has 1 aliphatic rings. The van der Waals surface area contributed by atoms with Crippen molar-refractivity contribution in [3.05, 3.63) is 73.7 Å². The molecule has 0 fully saturated rings. The van der Waals surface area contributed by atoms with E-state index < -0.39 is 4.87 Å². The fourth-order valence-corrected chi connectivity index (χ4v) is 4.19. The van der Waals surface area contributed by atoms with Gasteiger partial charge in [0.05, 0.1) is 10.6 Å². The number of para-hydroxylation sites is 1. The van der Waals surface area contributed by atoms with Crippen LogP contribution in [0.1, 0.15) is 28.5 Å². The summed E-state index contributed by atoms with van der Waals surface area (Å²) in [6.07, 6.45) is 1.75. The number of carbonyl (C=O) groups is 1. The summed E-state index contributed by atoms with van der Waals surface area (Å²) in [5.74, 6) is -0.596. The smallest absolute Gasteiger partial charge is 0.311 e. The molecule has 2 heterocycles. The highest BCUT2D eigenvalue weighted by molar-refractivity contribution is 7.10. The lowest BCUT2D eigenvalue weighted by molar-refractivity contribution is -0.116. The van der Waals surface area contributed by atoms with Crippen molar-refractivity contribution in [2.75, 3.05) is 5.32 Å². The van der Waals surface area contributed by atoms with Gasteiger partial charge in [0.15, 0.2) is 0 Å². The highest BCUT2D eigenvalue weighted by atomic mass is 32.1. The average Bonchev–Trinajstić information content (AvgIpc) is 3.16. The van der Waals surface area contributed by atoms with Crippen LogP contribution in [-0.4, -0.2) is 21.3 Å². The first kappa shape index (κ1) is 19.8. The molecule has 4 rings (SSSR count). The number of fused-ring (bicyclic) bond motifs is 1. The first-order valence-electron chi connectivity index (χ1n) is 9.50. The van der Waals surface area contributed by atoms with E-state index in [1.165, 1.54) is 0 Å². The van der Waals surface area contributed by atoms with Crippen LogP contribution >= 0.6 is 11.3 Å². The molecule has 7 heteroatoms. The third-order valence-electron chi connectivity index (χ3n) is 5.13. The van der Waals surface area contributed by atoms with Crippen LogP contribution in [0.4, 0.5) is 11.4 Å². The lowest BCUT2D eigenvalue weighted by Gasteiger charge is -2.08. The monoisotopic (exact) mass is 419 g/mol. The summed E-state index contributed by atoms with van der Waals surface area (Å²) in [5, 5.41) is 13.4. The van der Waals surface area contributed by atoms with E-state index in [9.17, 15) is 14.7 Å². The topological polar surface area (TPSA) is 83.7 Å². The van der Waals surface area contributed by atoms with E-state index in [0.29, 0.717) is 10.6 Å². The minimum atomic E-state index is -0.393. The zero-order valence-electron chi connectivity index (χ0n) is 16.9. The summed E-state index contributed by atoms with van der Waals surface area (Å²) < 4.78 is 1.08. The zero-order chi connectivity index (χ0) is 21.4. The van der Waals surface area contributed by atoms with Crippen LogP contribution in [0.3, 0.4) is 0 Å². The molecule has 30 heavy (non-hydrogen) atoms. The molecule has 0 bridgehead atoms. The number of aliphatic imine (C=N–C) groups is 1. The molecule has 1 aliphatic heterocycles. The van der Waals surface area contributed by atoms with Crippen molar-refractivity contribution in [1.82, 2.24) is 4.57 Å². The molecule has 0 aliphatic carbocycles. The number of nitrogens with zero attached hydrogens (tertiary/aromatic N) is 2. The third kappa shape index (κ3) is 3.71. The van der Waals surface area contributed by atoms with Gasteiger partial charge in [-0.15, -0.1) is 0 Å². The summed E-state index contributed by atoms with van der Waals surface area (Å²) in [7, 11) is 0. The Morgan fingerprint density at radius 3 is 2.70 bits per heavy atom. The van der Waals surface area contributed by atoms with Crippen molar-refractivity contribution in [2.45, 2.75) is 27.3 Å². The zero-order valence-corrected chi connectivity index (χ0v) is 17.7. The van der Waals surface area contributed by atoms with Crippen molar-refractivity contribution < 1.29 is 9.90 Å². The highest BCUT2D eigenvalue weighted by Gasteiger charge is 2.20. The largest absolute Gasteiger partial charge is 0.493 e. The third-order valence-corrected chi connectivity index (χ3v) is 6.05. The SMILES string of the molecule is CC1=Nc2ccccc2C1=Cc1sc(=O)n(CC(=O)Nc2ccc(C)c(C)c2)c1O. The molecule has 2 aromatic carbocycles. The number of anilines is 1. The number of benzene rings is 2. The van der Waals surface area contributed by atoms with Gasteiger partial charge in [-0.1, -0.05) is 35.6 Å². The minimum absolute atomic E-state index is 0.218. The van der Waals surface area contributed by atoms with Crippen molar-refractivity contribution in [3.63, 3.8) is 0 Å². The molecule has 0 unspecified atom stereocenters. The van der Waals surface area contributed by atoms with E-state index in [1.807, 2.05) is 63.2 Å². The fourth-order valence-electron chi connectivity index (χ4n) is 3.36. The van der Waals surface area contributed by atoms with Gasteiger partial charge in [0, 0.05) is 22.5 Å². The summed E-state index contributed by atoms with van der Waals surface area (Å²) in [6, 6.07) is 13.3. The fraction of sp³-hybridized carbons (Fsp3) is 0.174. The second-order valence-electron chi connectivity index (χ2n) is 7.26. The molecule has 0 spiro atoms. The normalized spacial score (nSPS) is 14.0. The summed E-state index contributed by atoms with van der Waals surface area (Å²) >= 11 is 0.903. The Bertz CT molecular complexity index is 1280. The number of amides is 1. The molecule has 1 amide bonds. The maximum Gasteiger partial charge on any atom is 0.311 e. The molecular weight excluding hydrogens is 398 g/mol. The van der Waals surface area contributed by atoms with E-state index in [0.717, 1.165) is 49.6 Å². The van der Waals surface area contributed by atoms with E-state index in [-0.39, 0.29) is 18.3 Å². The number of aromatic hydroxyl groups is 1. The van der Waals surface area contributed by atoms with Crippen LogP contribution in [-0.2, 0) is 11.3 Å². The Morgan fingerprint density at radius 2 is 1.93 bits per heavy atom. The number of nitrogens with one attached hydrogen (secondary N) is 1. The number of hydrogen-bond donors (Lipinski definition) is 2. The number of thiazole rings is 1. The van der Waals surface area contributed by atoms with E-state index in [4.69, 9.17) is 0 Å². The van der Waals surface area contributed by atoms with Crippen molar-refractivity contribution >= 4 is 46.0 Å². The van der Waals surface area contributed by atoms with Gasteiger partial charge >= 0.3 is 4.87 Å². The van der Waals surface area contributed by atoms with Crippen LogP contribution in [0, 0.1) is 13.8 Å². The van der Waals surface area contributed by atoms with Gasteiger partial charge in [-0.25, -0.2) is 0 Å². The molecule has 0 saturated heterocycles. The standard InChI is InChI=1S/C23H21N3O3S/c1-13-8-9-16(10-14(13)2)25-21(27)12-26-22(28)20(30-23(26)29)11-18-15(3)24-19-7-5-4-6-17(18)19/h4-11,28H,12H2,1-3H3,(H,25,27). The molecular formula is C23H21N3O3S. The summed E-state index contributed by atoms with van der Waals surface area (Å²) in [5.41, 5.74) is 6.33. The number of hydrogen-bond acceptors (Lipinski definition) is 5. The molecule has 0 radical (unpaired) electrons. The average molecular weight is 420 g/mol. The molecule has 0 saturated carbocycles. The van der Waals surface area contributed by atoms with Crippen LogP contribution < -0.4 is 10.2 Å². The Hall–Kier alpha value is -3.45. The lowest BCUT2D eigenvalue weighted by atomic mass is 10.0. The molecule has 2 N–H and O–H groups in total. The Morgan fingerprint density at radius 1 is 1.17 bits per heavy atom.